The van der Waals surface area contributed by atoms with E-state index < -0.39 is 15.6 Å². The Hall–Kier alpha value is -2.00. The first-order chi connectivity index (χ1) is 14.5. The van der Waals surface area contributed by atoms with Gasteiger partial charge in [0, 0.05) is 58.3 Å². The normalized spacial score (nSPS) is 21.1. The summed E-state index contributed by atoms with van der Waals surface area (Å²) in [5.74, 6) is 0.0553. The number of amides is 1. The molecule has 0 spiro atoms. The van der Waals surface area contributed by atoms with E-state index in [1.165, 1.54) is 18.2 Å². The number of ether oxygens (including phenoxy) is 1. The quantitative estimate of drug-likeness (QED) is 0.303. The van der Waals surface area contributed by atoms with Crippen LogP contribution in [0.25, 0.3) is 5.57 Å². The van der Waals surface area contributed by atoms with Crippen LogP contribution in [-0.4, -0.2) is 22.7 Å². The van der Waals surface area contributed by atoms with Gasteiger partial charge in [0.15, 0.2) is 0 Å². The summed E-state index contributed by atoms with van der Waals surface area (Å²) in [4.78, 5) is 12.9. The maximum Gasteiger partial charge on any atom is 0.321 e. The van der Waals surface area contributed by atoms with Crippen LogP contribution in [0, 0.1) is 0 Å². The fraction of sp³-hybridized carbons (Fsp3) is 0.375. The predicted octanol–water partition coefficient (Wildman–Crippen LogP) is 5.60. The molecule has 1 heterocycles. The summed E-state index contributed by atoms with van der Waals surface area (Å²) in [6.07, 6.45) is 3.60. The zero-order valence-electron chi connectivity index (χ0n) is 17.3. The third kappa shape index (κ3) is 4.92. The van der Waals surface area contributed by atoms with Gasteiger partial charge in [-0.2, -0.15) is 8.78 Å². The molecule has 2 aliphatic rings. The molecule has 0 fully saturated rings. The molecule has 1 aliphatic carbocycles. The van der Waals surface area contributed by atoms with E-state index in [4.69, 9.17) is 4.74 Å². The molecular formula is C24H24F2INO3. The van der Waals surface area contributed by atoms with Crippen LogP contribution in [-0.2, 0) is 21.6 Å². The van der Waals surface area contributed by atoms with Crippen LogP contribution in [0.5, 0.6) is 5.75 Å². The van der Waals surface area contributed by atoms with Crippen molar-refractivity contribution in [3.05, 3.63) is 64.7 Å². The number of hydrogen-bond donors (Lipinski definition) is 2. The molecule has 0 bridgehead atoms. The molecule has 2 aromatic rings. The number of aliphatic hydroxyl groups excluding tert-OH is 1. The number of fused-ring (bicyclic) bond motifs is 2. The third-order valence-corrected chi connectivity index (χ3v) is 6.30. The molecule has 4 rings (SSSR count). The van der Waals surface area contributed by atoms with Crippen LogP contribution in [0.2, 0.25) is 0 Å². The lowest BCUT2D eigenvalue weighted by Gasteiger charge is -2.34. The van der Waals surface area contributed by atoms with E-state index in [2.05, 4.69) is 5.32 Å². The molecule has 31 heavy (non-hydrogen) atoms. The van der Waals surface area contributed by atoms with Gasteiger partial charge < -0.3 is 15.2 Å². The highest BCUT2D eigenvalue weighted by molar-refractivity contribution is 14.1. The van der Waals surface area contributed by atoms with E-state index in [-0.39, 0.29) is 11.5 Å². The second kappa shape index (κ2) is 8.16. The van der Waals surface area contributed by atoms with Crippen LogP contribution in [0.1, 0.15) is 48.9 Å². The Morgan fingerprint density at radius 3 is 2.84 bits per heavy atom. The Labute approximate surface area is 193 Å². The standard InChI is InChI=1S/C24H24F2INO3/c1-23(2)13-15(18-9-7-16(24(25,26)27)11-21(18)31-23)10-22(30)28-20-5-3-4-14-6-8-17(29)12-19(14)20/h3-5,7,9-11,17,29H,6,8,12-13H2,1-2H3,(H,28,30)/b15-10+. The van der Waals surface area contributed by atoms with Crippen LogP contribution in [0.3, 0.4) is 0 Å². The molecule has 1 amide bonds. The average Bonchev–Trinajstić information content (AvgIpc) is 2.66. The number of nitrogens with one attached hydrogen (secondary N) is 1. The number of aliphatic hydroxyl groups is 1. The van der Waals surface area contributed by atoms with Gasteiger partial charge in [-0.05, 0) is 55.5 Å². The lowest BCUT2D eigenvalue weighted by molar-refractivity contribution is -0.111. The molecule has 4 nitrogen and oxygen atoms in total. The van der Waals surface area contributed by atoms with Gasteiger partial charge in [-0.1, -0.05) is 24.3 Å². The van der Waals surface area contributed by atoms with Crippen molar-refractivity contribution in [3.63, 3.8) is 0 Å². The number of hydrogen-bond acceptors (Lipinski definition) is 3. The van der Waals surface area contributed by atoms with Gasteiger partial charge in [0.1, 0.15) is 11.4 Å². The van der Waals surface area contributed by atoms with Crippen molar-refractivity contribution in [3.8, 4) is 5.75 Å². The number of carbonyl (C=O) groups excluding carboxylic acids is 1. The van der Waals surface area contributed by atoms with Crippen LogP contribution in [0.15, 0.2) is 42.5 Å². The Balaban J connectivity index is 1.64. The molecule has 0 saturated carbocycles. The monoisotopic (exact) mass is 539 g/mol. The molecule has 1 aliphatic heterocycles. The molecule has 2 aromatic carbocycles. The molecule has 2 N–H and O–H groups in total. The lowest BCUT2D eigenvalue weighted by Crippen LogP contribution is -2.32. The van der Waals surface area contributed by atoms with Crippen molar-refractivity contribution in [1.82, 2.24) is 0 Å². The highest BCUT2D eigenvalue weighted by Gasteiger charge is 2.34. The molecule has 0 saturated heterocycles. The van der Waals surface area contributed by atoms with Crippen molar-refractivity contribution in [2.24, 2.45) is 0 Å². The third-order valence-electron chi connectivity index (χ3n) is 5.68. The fourth-order valence-corrected chi connectivity index (χ4v) is 4.61. The van der Waals surface area contributed by atoms with Gasteiger partial charge in [0.05, 0.1) is 6.10 Å². The van der Waals surface area contributed by atoms with E-state index >= 15 is 0 Å². The smallest absolute Gasteiger partial charge is 0.321 e. The lowest BCUT2D eigenvalue weighted by atomic mass is 9.88. The zero-order valence-corrected chi connectivity index (χ0v) is 19.5. The second-order valence-corrected chi connectivity index (χ2v) is 10.1. The summed E-state index contributed by atoms with van der Waals surface area (Å²) < 4.78 is 30.5. The van der Waals surface area contributed by atoms with E-state index in [0.717, 1.165) is 52.1 Å². The maximum absolute atomic E-state index is 13.8. The van der Waals surface area contributed by atoms with Crippen molar-refractivity contribution in [2.45, 2.75) is 55.2 Å². The minimum atomic E-state index is -3.00. The number of aryl methyl sites for hydroxylation is 1. The Morgan fingerprint density at radius 2 is 2.10 bits per heavy atom. The second-order valence-electron chi connectivity index (χ2n) is 8.75. The summed E-state index contributed by atoms with van der Waals surface area (Å²) in [5.41, 5.74) is 3.41. The molecule has 164 valence electrons. The van der Waals surface area contributed by atoms with Crippen molar-refractivity contribution < 1.29 is 23.4 Å². The highest BCUT2D eigenvalue weighted by atomic mass is 127. The van der Waals surface area contributed by atoms with Gasteiger partial charge in [-0.15, -0.1) is 0 Å². The van der Waals surface area contributed by atoms with Gasteiger partial charge in [0.25, 0.3) is 0 Å². The summed E-state index contributed by atoms with van der Waals surface area (Å²) in [6.45, 7) is 3.73. The minimum absolute atomic E-state index is 0.136. The van der Waals surface area contributed by atoms with Crippen LogP contribution >= 0.6 is 22.6 Å². The number of halogens is 3. The Morgan fingerprint density at radius 1 is 1.32 bits per heavy atom. The van der Waals surface area contributed by atoms with E-state index in [0.29, 0.717) is 29.8 Å². The molecule has 0 aromatic heterocycles. The summed E-state index contributed by atoms with van der Waals surface area (Å²) in [5, 5.41) is 13.0. The number of rotatable bonds is 3. The minimum Gasteiger partial charge on any atom is -0.487 e. The first kappa shape index (κ1) is 22.2. The number of anilines is 1. The number of alkyl halides is 3. The summed E-state index contributed by atoms with van der Waals surface area (Å²) in [7, 11) is 0. The Kier molecular flexibility index (Phi) is 5.85. The predicted molar refractivity (Wildman–Crippen MR) is 125 cm³/mol. The van der Waals surface area contributed by atoms with Gasteiger partial charge >= 0.3 is 3.93 Å². The van der Waals surface area contributed by atoms with Crippen molar-refractivity contribution in [2.75, 3.05) is 5.32 Å². The SMILES string of the molecule is CC1(C)C/C(=C\C(=O)Nc2cccc3c2CC(O)CC3)c2ccc(C(F)(F)I)cc2O1. The first-order valence-corrected chi connectivity index (χ1v) is 11.3. The first-order valence-electron chi connectivity index (χ1n) is 10.2. The molecular weight excluding hydrogens is 515 g/mol. The maximum atomic E-state index is 13.8. The molecule has 1 atom stereocenters. The fourth-order valence-electron chi connectivity index (χ4n) is 4.28. The number of benzene rings is 2. The topological polar surface area (TPSA) is 58.6 Å². The molecule has 0 radical (unpaired) electrons. The molecule has 7 heteroatoms. The average molecular weight is 539 g/mol. The summed E-state index contributed by atoms with van der Waals surface area (Å²) in [6, 6.07) is 10.1. The molecule has 1 unspecified atom stereocenters. The van der Waals surface area contributed by atoms with Crippen molar-refractivity contribution in [1.29, 1.82) is 0 Å². The largest absolute Gasteiger partial charge is 0.487 e. The summed E-state index contributed by atoms with van der Waals surface area (Å²) >= 11 is 1.10. The van der Waals surface area contributed by atoms with E-state index in [9.17, 15) is 18.7 Å². The Bertz CT molecular complexity index is 1060. The van der Waals surface area contributed by atoms with Crippen LogP contribution < -0.4 is 10.1 Å². The van der Waals surface area contributed by atoms with Gasteiger partial charge in [-0.3, -0.25) is 4.79 Å². The zero-order chi connectivity index (χ0) is 22.4. The highest BCUT2D eigenvalue weighted by Crippen LogP contribution is 2.44. The van der Waals surface area contributed by atoms with Crippen molar-refractivity contribution >= 4 is 39.8 Å². The van der Waals surface area contributed by atoms with E-state index in [1.54, 1.807) is 6.07 Å². The number of carbonyl (C=O) groups is 1. The van der Waals surface area contributed by atoms with E-state index in [1.807, 2.05) is 32.0 Å². The van der Waals surface area contributed by atoms with Crippen LogP contribution in [0.4, 0.5) is 14.5 Å². The van der Waals surface area contributed by atoms with Gasteiger partial charge in [-0.25, -0.2) is 0 Å². The van der Waals surface area contributed by atoms with Gasteiger partial charge in [0.2, 0.25) is 5.91 Å².